The summed E-state index contributed by atoms with van der Waals surface area (Å²) in [4.78, 5) is 4.59. The van der Waals surface area contributed by atoms with E-state index in [2.05, 4.69) is 29.4 Å². The number of rotatable bonds is 2. The fourth-order valence-electron chi connectivity index (χ4n) is 3.71. The summed E-state index contributed by atoms with van der Waals surface area (Å²) in [6.45, 7) is 3.59. The lowest BCUT2D eigenvalue weighted by molar-refractivity contribution is 0.323. The van der Waals surface area contributed by atoms with Crippen molar-refractivity contribution in [2.75, 3.05) is 6.54 Å². The molecule has 2 heteroatoms. The Morgan fingerprint density at radius 2 is 2.33 bits per heavy atom. The number of hydrogen-bond acceptors (Lipinski definition) is 2. The minimum Gasteiger partial charge on any atom is -0.314 e. The maximum absolute atomic E-state index is 4.59. The second-order valence-corrected chi connectivity index (χ2v) is 6.16. The first-order chi connectivity index (χ1) is 8.83. The van der Waals surface area contributed by atoms with Crippen LogP contribution in [0.25, 0.3) is 0 Å². The molecule has 1 aromatic rings. The molecular weight excluding hydrogens is 220 g/mol. The summed E-state index contributed by atoms with van der Waals surface area (Å²) in [6.07, 6.45) is 9.90. The molecule has 0 amide bonds. The molecule has 3 atom stereocenters. The van der Waals surface area contributed by atoms with Gasteiger partial charge in [-0.2, -0.15) is 0 Å². The van der Waals surface area contributed by atoms with Crippen LogP contribution >= 0.6 is 0 Å². The zero-order valence-corrected chi connectivity index (χ0v) is 11.4. The van der Waals surface area contributed by atoms with Crippen molar-refractivity contribution in [3.63, 3.8) is 0 Å². The summed E-state index contributed by atoms with van der Waals surface area (Å²) < 4.78 is 0. The van der Waals surface area contributed by atoms with Gasteiger partial charge in [0.15, 0.2) is 0 Å². The van der Waals surface area contributed by atoms with Gasteiger partial charge in [0.05, 0.1) is 0 Å². The van der Waals surface area contributed by atoms with E-state index >= 15 is 0 Å². The second kappa shape index (κ2) is 5.40. The quantitative estimate of drug-likeness (QED) is 0.863. The highest BCUT2D eigenvalue weighted by Crippen LogP contribution is 2.37. The molecule has 2 aliphatic rings. The van der Waals surface area contributed by atoms with E-state index in [4.69, 9.17) is 0 Å². The van der Waals surface area contributed by atoms with E-state index in [-0.39, 0.29) is 0 Å². The van der Waals surface area contributed by atoms with E-state index in [1.165, 1.54) is 56.3 Å². The Kier molecular flexibility index (Phi) is 3.64. The Balaban J connectivity index is 1.75. The van der Waals surface area contributed by atoms with Gasteiger partial charge >= 0.3 is 0 Å². The van der Waals surface area contributed by atoms with Crippen LogP contribution in [0.3, 0.4) is 0 Å². The van der Waals surface area contributed by atoms with Crippen LogP contribution in [0.1, 0.15) is 56.2 Å². The summed E-state index contributed by atoms with van der Waals surface area (Å²) in [6, 6.07) is 5.15. The van der Waals surface area contributed by atoms with Gasteiger partial charge in [-0.25, -0.2) is 0 Å². The summed E-state index contributed by atoms with van der Waals surface area (Å²) in [7, 11) is 0. The first-order valence-electron chi connectivity index (χ1n) is 7.50. The first-order valence-corrected chi connectivity index (χ1v) is 7.50. The normalized spacial score (nSPS) is 31.9. The maximum Gasteiger partial charge on any atom is 0.0441 e. The molecule has 1 aliphatic heterocycles. The van der Waals surface area contributed by atoms with Crippen LogP contribution in [0, 0.1) is 5.92 Å². The second-order valence-electron chi connectivity index (χ2n) is 6.16. The fraction of sp³-hybridized carbons (Fsp3) is 0.688. The molecule has 0 saturated carbocycles. The average Bonchev–Trinajstić information content (AvgIpc) is 2.40. The van der Waals surface area contributed by atoms with E-state index < -0.39 is 0 Å². The molecule has 1 saturated heterocycles. The highest BCUT2D eigenvalue weighted by atomic mass is 14.9. The fourth-order valence-corrected chi connectivity index (χ4v) is 3.71. The number of pyridine rings is 1. The van der Waals surface area contributed by atoms with Gasteiger partial charge in [0, 0.05) is 17.9 Å². The van der Waals surface area contributed by atoms with Crippen molar-refractivity contribution in [1.82, 2.24) is 10.3 Å². The van der Waals surface area contributed by atoms with Crippen LogP contribution in [0.15, 0.2) is 18.3 Å². The van der Waals surface area contributed by atoms with Crippen molar-refractivity contribution >= 4 is 0 Å². The van der Waals surface area contributed by atoms with Gasteiger partial charge < -0.3 is 5.32 Å². The van der Waals surface area contributed by atoms with Crippen LogP contribution < -0.4 is 5.32 Å². The molecule has 0 unspecified atom stereocenters. The Hall–Kier alpha value is -0.890. The molecule has 18 heavy (non-hydrogen) atoms. The molecule has 2 nitrogen and oxygen atoms in total. The third kappa shape index (κ3) is 2.59. The first kappa shape index (κ1) is 12.2. The molecule has 0 bridgehead atoms. The van der Waals surface area contributed by atoms with Crippen molar-refractivity contribution in [1.29, 1.82) is 0 Å². The van der Waals surface area contributed by atoms with Crippen molar-refractivity contribution < 1.29 is 0 Å². The third-order valence-corrected chi connectivity index (χ3v) is 4.58. The Labute approximate surface area is 110 Å². The minimum absolute atomic E-state index is 0.730. The standard InChI is InChI=1S/C16H24N2/c1-12-9-13(11-14-5-2-3-7-17-14)15-6-4-8-18-16(15)10-12/h4,6,8,12-14,17H,2-3,5,7,9-11H2,1H3/t12-,13-,14-/m1/s1. The van der Waals surface area contributed by atoms with Gasteiger partial charge in [-0.15, -0.1) is 0 Å². The van der Waals surface area contributed by atoms with Crippen molar-refractivity contribution in [2.45, 2.75) is 57.4 Å². The monoisotopic (exact) mass is 244 g/mol. The highest BCUT2D eigenvalue weighted by molar-refractivity contribution is 5.27. The summed E-state index contributed by atoms with van der Waals surface area (Å²) in [5.74, 6) is 1.52. The minimum atomic E-state index is 0.730. The summed E-state index contributed by atoms with van der Waals surface area (Å²) in [5, 5.41) is 3.69. The zero-order valence-electron chi connectivity index (χ0n) is 11.4. The van der Waals surface area contributed by atoms with Gasteiger partial charge in [-0.3, -0.25) is 4.98 Å². The summed E-state index contributed by atoms with van der Waals surface area (Å²) in [5.41, 5.74) is 2.89. The number of nitrogens with one attached hydrogen (secondary N) is 1. The van der Waals surface area contributed by atoms with Gasteiger partial charge in [-0.05, 0) is 62.1 Å². The number of nitrogens with zero attached hydrogens (tertiary/aromatic N) is 1. The molecule has 1 N–H and O–H groups in total. The smallest absolute Gasteiger partial charge is 0.0441 e. The average molecular weight is 244 g/mol. The molecule has 0 radical (unpaired) electrons. The Bertz CT molecular complexity index is 396. The van der Waals surface area contributed by atoms with E-state index in [0.717, 1.165) is 17.9 Å². The predicted molar refractivity (Wildman–Crippen MR) is 74.7 cm³/mol. The van der Waals surface area contributed by atoms with Gasteiger partial charge in [0.25, 0.3) is 0 Å². The Morgan fingerprint density at radius 1 is 1.39 bits per heavy atom. The largest absolute Gasteiger partial charge is 0.314 e. The lowest BCUT2D eigenvalue weighted by Crippen LogP contribution is -2.36. The van der Waals surface area contributed by atoms with E-state index in [0.29, 0.717) is 0 Å². The highest BCUT2D eigenvalue weighted by Gasteiger charge is 2.27. The summed E-state index contributed by atoms with van der Waals surface area (Å²) >= 11 is 0. The number of fused-ring (bicyclic) bond motifs is 1. The number of aromatic nitrogens is 1. The lowest BCUT2D eigenvalue weighted by atomic mass is 9.76. The van der Waals surface area contributed by atoms with E-state index in [9.17, 15) is 0 Å². The number of piperidine rings is 1. The van der Waals surface area contributed by atoms with Crippen LogP contribution in [-0.4, -0.2) is 17.6 Å². The van der Waals surface area contributed by atoms with Crippen molar-refractivity contribution in [3.8, 4) is 0 Å². The zero-order chi connectivity index (χ0) is 12.4. The van der Waals surface area contributed by atoms with Crippen LogP contribution in [0.5, 0.6) is 0 Å². The topological polar surface area (TPSA) is 24.9 Å². The van der Waals surface area contributed by atoms with E-state index in [1.54, 1.807) is 0 Å². The lowest BCUT2D eigenvalue weighted by Gasteiger charge is -2.33. The predicted octanol–water partition coefficient (Wildman–Crippen LogP) is 3.28. The maximum atomic E-state index is 4.59. The molecule has 3 rings (SSSR count). The van der Waals surface area contributed by atoms with Crippen molar-refractivity contribution in [2.24, 2.45) is 5.92 Å². The Morgan fingerprint density at radius 3 is 3.17 bits per heavy atom. The third-order valence-electron chi connectivity index (χ3n) is 4.58. The van der Waals surface area contributed by atoms with E-state index in [1.807, 2.05) is 6.20 Å². The van der Waals surface area contributed by atoms with Gasteiger partial charge in [0.1, 0.15) is 0 Å². The van der Waals surface area contributed by atoms with Gasteiger partial charge in [-0.1, -0.05) is 19.4 Å². The van der Waals surface area contributed by atoms with Crippen LogP contribution in [-0.2, 0) is 6.42 Å². The van der Waals surface area contributed by atoms with Crippen LogP contribution in [0.4, 0.5) is 0 Å². The number of hydrogen-bond donors (Lipinski definition) is 1. The SMILES string of the molecule is C[C@H]1Cc2ncccc2[C@@H](C[C@H]2CCCCN2)C1. The molecular formula is C16H24N2. The molecule has 1 aliphatic carbocycles. The molecule has 2 heterocycles. The molecule has 1 fully saturated rings. The van der Waals surface area contributed by atoms with Crippen LogP contribution in [0.2, 0.25) is 0 Å². The molecule has 1 aromatic heterocycles. The molecule has 0 aromatic carbocycles. The molecule has 98 valence electrons. The van der Waals surface area contributed by atoms with Crippen molar-refractivity contribution in [3.05, 3.63) is 29.6 Å². The van der Waals surface area contributed by atoms with Gasteiger partial charge in [0.2, 0.25) is 0 Å². The molecule has 0 spiro atoms.